The van der Waals surface area contributed by atoms with E-state index in [4.69, 9.17) is 5.73 Å². The number of rotatable bonds is 3. The molecular formula is C17H16N2O3S. The quantitative estimate of drug-likeness (QED) is 0.503. The highest BCUT2D eigenvalue weighted by atomic mass is 32.2. The number of aryl methyl sites for hydroxylation is 1. The van der Waals surface area contributed by atoms with Gasteiger partial charge in [0.15, 0.2) is 0 Å². The summed E-state index contributed by atoms with van der Waals surface area (Å²) in [5.41, 5.74) is 8.63. The van der Waals surface area contributed by atoms with Crippen molar-refractivity contribution in [3.63, 3.8) is 0 Å². The van der Waals surface area contributed by atoms with Crippen LogP contribution in [0.2, 0.25) is 0 Å². The fourth-order valence-electron chi connectivity index (χ4n) is 2.40. The molecule has 3 aromatic carbocycles. The van der Waals surface area contributed by atoms with Gasteiger partial charge in [0, 0.05) is 11.4 Å². The van der Waals surface area contributed by atoms with Crippen LogP contribution in [-0.4, -0.2) is 13.0 Å². The summed E-state index contributed by atoms with van der Waals surface area (Å²) in [5.74, 6) is 0. The summed E-state index contributed by atoms with van der Waals surface area (Å²) in [6.07, 6.45) is 0. The minimum absolute atomic E-state index is 0.0271. The van der Waals surface area contributed by atoms with Crippen LogP contribution in [0.25, 0.3) is 10.8 Å². The van der Waals surface area contributed by atoms with E-state index >= 15 is 0 Å². The van der Waals surface area contributed by atoms with E-state index in [-0.39, 0.29) is 10.6 Å². The number of hydrogen-bond acceptors (Lipinski definition) is 4. The molecule has 0 aliphatic heterocycles. The molecule has 0 atom stereocenters. The Labute approximate surface area is 134 Å². The van der Waals surface area contributed by atoms with Gasteiger partial charge in [0.1, 0.15) is 4.90 Å². The van der Waals surface area contributed by atoms with Gasteiger partial charge in [0.05, 0.1) is 5.69 Å². The molecule has 0 aliphatic rings. The molecule has 4 N–H and O–H groups in total. The third kappa shape index (κ3) is 3.28. The highest BCUT2D eigenvalue weighted by Gasteiger charge is 2.14. The summed E-state index contributed by atoms with van der Waals surface area (Å²) in [6, 6.07) is 16.4. The fourth-order valence-corrected chi connectivity index (χ4v) is 3.03. The number of benzene rings is 3. The van der Waals surface area contributed by atoms with Gasteiger partial charge < -0.3 is 11.1 Å². The van der Waals surface area contributed by atoms with Crippen molar-refractivity contribution in [1.29, 1.82) is 0 Å². The molecule has 5 nitrogen and oxygen atoms in total. The van der Waals surface area contributed by atoms with E-state index in [1.807, 2.05) is 49.4 Å². The number of fused-ring (bicyclic) bond motifs is 1. The molecule has 0 saturated heterocycles. The van der Waals surface area contributed by atoms with Gasteiger partial charge in [0.2, 0.25) is 0 Å². The Balaban J connectivity index is 2.03. The van der Waals surface area contributed by atoms with Crippen molar-refractivity contribution < 1.29 is 13.0 Å². The van der Waals surface area contributed by atoms with Crippen LogP contribution in [0.5, 0.6) is 0 Å². The van der Waals surface area contributed by atoms with Crippen LogP contribution in [0, 0.1) is 6.92 Å². The summed E-state index contributed by atoms with van der Waals surface area (Å²) in [7, 11) is -4.35. The largest absolute Gasteiger partial charge is 0.398 e. The molecule has 0 aromatic heterocycles. The highest BCUT2D eigenvalue weighted by Crippen LogP contribution is 2.28. The average Bonchev–Trinajstić information content (AvgIpc) is 2.48. The predicted molar refractivity (Wildman–Crippen MR) is 92.6 cm³/mol. The molecule has 23 heavy (non-hydrogen) atoms. The molecule has 0 amide bonds. The molecule has 3 rings (SSSR count). The average molecular weight is 328 g/mol. The number of nitrogens with two attached hydrogens (primary N) is 1. The zero-order valence-electron chi connectivity index (χ0n) is 12.4. The Morgan fingerprint density at radius 1 is 0.913 bits per heavy atom. The van der Waals surface area contributed by atoms with E-state index in [0.717, 1.165) is 16.8 Å². The zero-order chi connectivity index (χ0) is 16.6. The molecule has 0 spiro atoms. The van der Waals surface area contributed by atoms with Crippen LogP contribution in [0.4, 0.5) is 17.1 Å². The molecule has 0 bridgehead atoms. The van der Waals surface area contributed by atoms with Crippen molar-refractivity contribution in [2.45, 2.75) is 11.8 Å². The van der Waals surface area contributed by atoms with Gasteiger partial charge >= 0.3 is 0 Å². The molecule has 3 aromatic rings. The van der Waals surface area contributed by atoms with Crippen LogP contribution < -0.4 is 11.1 Å². The van der Waals surface area contributed by atoms with Crippen LogP contribution in [0.15, 0.2) is 59.5 Å². The summed E-state index contributed by atoms with van der Waals surface area (Å²) in [6.45, 7) is 2.01. The monoisotopic (exact) mass is 328 g/mol. The molecule has 118 valence electrons. The van der Waals surface area contributed by atoms with Crippen molar-refractivity contribution in [2.24, 2.45) is 0 Å². The lowest BCUT2D eigenvalue weighted by Crippen LogP contribution is -2.03. The minimum atomic E-state index is -4.35. The zero-order valence-corrected chi connectivity index (χ0v) is 13.3. The van der Waals surface area contributed by atoms with E-state index in [0.29, 0.717) is 5.39 Å². The van der Waals surface area contributed by atoms with Crippen molar-refractivity contribution in [1.82, 2.24) is 0 Å². The lowest BCUT2D eigenvalue weighted by molar-refractivity contribution is 0.484. The van der Waals surface area contributed by atoms with Crippen LogP contribution in [0.1, 0.15) is 5.56 Å². The van der Waals surface area contributed by atoms with Gasteiger partial charge in [0.25, 0.3) is 10.1 Å². The Morgan fingerprint density at radius 2 is 1.57 bits per heavy atom. The van der Waals surface area contributed by atoms with Crippen molar-refractivity contribution >= 4 is 38.0 Å². The van der Waals surface area contributed by atoms with Crippen LogP contribution in [-0.2, 0) is 10.1 Å². The molecule has 6 heteroatoms. The van der Waals surface area contributed by atoms with Gasteiger partial charge in [-0.3, -0.25) is 4.55 Å². The second kappa shape index (κ2) is 5.57. The van der Waals surface area contributed by atoms with E-state index in [1.54, 1.807) is 0 Å². The number of nitrogens with one attached hydrogen (secondary N) is 1. The van der Waals surface area contributed by atoms with Gasteiger partial charge in [-0.1, -0.05) is 23.8 Å². The normalized spacial score (nSPS) is 11.6. The SMILES string of the molecule is Cc1ccc(Nc2ccc3cc(N)c(S(=O)(=O)O)cc3c2)cc1. The van der Waals surface area contributed by atoms with E-state index < -0.39 is 10.1 Å². The molecule has 0 heterocycles. The first-order valence-electron chi connectivity index (χ1n) is 6.97. The van der Waals surface area contributed by atoms with E-state index in [2.05, 4.69) is 5.32 Å². The first-order valence-corrected chi connectivity index (χ1v) is 8.41. The number of anilines is 3. The summed E-state index contributed by atoms with van der Waals surface area (Å²) < 4.78 is 32.0. The van der Waals surface area contributed by atoms with Crippen molar-refractivity contribution in [2.75, 3.05) is 11.1 Å². The Hall–Kier alpha value is -2.57. The summed E-state index contributed by atoms with van der Waals surface area (Å²) >= 11 is 0. The molecule has 0 fully saturated rings. The first-order chi connectivity index (χ1) is 10.8. The highest BCUT2D eigenvalue weighted by molar-refractivity contribution is 7.86. The fraction of sp³-hybridized carbons (Fsp3) is 0.0588. The molecule has 0 saturated carbocycles. The van der Waals surface area contributed by atoms with Gasteiger partial charge in [-0.2, -0.15) is 8.42 Å². The Bertz CT molecular complexity index is 981. The minimum Gasteiger partial charge on any atom is -0.398 e. The van der Waals surface area contributed by atoms with Gasteiger partial charge in [-0.15, -0.1) is 0 Å². The third-order valence-corrected chi connectivity index (χ3v) is 4.50. The predicted octanol–water partition coefficient (Wildman–Crippen LogP) is 3.72. The van der Waals surface area contributed by atoms with Crippen LogP contribution >= 0.6 is 0 Å². The maximum absolute atomic E-state index is 11.4. The van der Waals surface area contributed by atoms with Crippen molar-refractivity contribution in [3.8, 4) is 0 Å². The van der Waals surface area contributed by atoms with Gasteiger partial charge in [-0.25, -0.2) is 0 Å². The van der Waals surface area contributed by atoms with Crippen molar-refractivity contribution in [3.05, 3.63) is 60.2 Å². The Kier molecular flexibility index (Phi) is 3.71. The second-order valence-corrected chi connectivity index (χ2v) is 6.81. The summed E-state index contributed by atoms with van der Waals surface area (Å²) in [4.78, 5) is -0.280. The van der Waals surface area contributed by atoms with E-state index in [9.17, 15) is 13.0 Å². The lowest BCUT2D eigenvalue weighted by atomic mass is 10.1. The smallest absolute Gasteiger partial charge is 0.296 e. The maximum Gasteiger partial charge on any atom is 0.296 e. The number of hydrogen-bond donors (Lipinski definition) is 3. The first kappa shape index (κ1) is 15.3. The molecule has 0 aliphatic carbocycles. The Morgan fingerprint density at radius 3 is 2.22 bits per heavy atom. The lowest BCUT2D eigenvalue weighted by Gasteiger charge is -2.10. The summed E-state index contributed by atoms with van der Waals surface area (Å²) in [5, 5.41) is 4.72. The second-order valence-electron chi connectivity index (χ2n) is 5.42. The standard InChI is InChI=1S/C17H16N2O3S/c1-11-2-5-14(6-3-11)19-15-7-4-12-9-16(18)17(23(20,21)22)10-13(12)8-15/h2-10,19H,18H2,1H3,(H,20,21,22). The molecule has 0 radical (unpaired) electrons. The van der Waals surface area contributed by atoms with Gasteiger partial charge in [-0.05, 0) is 54.1 Å². The third-order valence-electron chi connectivity index (χ3n) is 3.59. The van der Waals surface area contributed by atoms with Crippen LogP contribution in [0.3, 0.4) is 0 Å². The maximum atomic E-state index is 11.4. The molecule has 0 unspecified atom stereocenters. The number of nitrogen functional groups attached to an aromatic ring is 1. The molecular weight excluding hydrogens is 312 g/mol. The van der Waals surface area contributed by atoms with E-state index in [1.165, 1.54) is 17.7 Å². The topological polar surface area (TPSA) is 92.4 Å².